The zero-order valence-corrected chi connectivity index (χ0v) is 16.6. The molecule has 7 heteroatoms. The zero-order valence-electron chi connectivity index (χ0n) is 16.6. The summed E-state index contributed by atoms with van der Waals surface area (Å²) in [5.74, 6) is -1.24. The Morgan fingerprint density at radius 2 is 1.72 bits per heavy atom. The highest BCUT2D eigenvalue weighted by Crippen LogP contribution is 2.21. The number of aliphatic carboxylic acids is 1. The summed E-state index contributed by atoms with van der Waals surface area (Å²) in [6.07, 6.45) is 0.656. The number of carbonyl (C=O) groups excluding carboxylic acids is 2. The lowest BCUT2D eigenvalue weighted by Crippen LogP contribution is -2.48. The van der Waals surface area contributed by atoms with Crippen LogP contribution >= 0.6 is 0 Å². The van der Waals surface area contributed by atoms with E-state index in [9.17, 15) is 19.5 Å². The zero-order chi connectivity index (χ0) is 21.2. The second-order valence-corrected chi connectivity index (χ2v) is 6.64. The number of carbonyl (C=O) groups is 3. The normalized spacial score (nSPS) is 11.4. The average Bonchev–Trinajstić information content (AvgIpc) is 2.70. The van der Waals surface area contributed by atoms with Crippen LogP contribution in [0.5, 0.6) is 5.75 Å². The monoisotopic (exact) mass is 398 g/mol. The van der Waals surface area contributed by atoms with Gasteiger partial charge in [0.2, 0.25) is 5.91 Å². The minimum atomic E-state index is -1.12. The number of nitrogens with one attached hydrogen (secondary N) is 1. The van der Waals surface area contributed by atoms with Crippen molar-refractivity contribution >= 4 is 17.8 Å². The van der Waals surface area contributed by atoms with Crippen LogP contribution in [0.4, 0.5) is 0 Å². The molecular weight excluding hydrogens is 372 g/mol. The highest BCUT2D eigenvalue weighted by molar-refractivity contribution is 5.84. The van der Waals surface area contributed by atoms with Gasteiger partial charge in [0, 0.05) is 26.4 Å². The smallest absolute Gasteiger partial charge is 0.326 e. The average molecular weight is 398 g/mol. The van der Waals surface area contributed by atoms with E-state index in [2.05, 4.69) is 5.32 Å². The molecule has 0 aromatic heterocycles. The molecule has 0 aliphatic rings. The third kappa shape index (κ3) is 6.95. The summed E-state index contributed by atoms with van der Waals surface area (Å²) in [5, 5.41) is 11.8. The second-order valence-electron chi connectivity index (χ2n) is 6.64. The molecule has 2 aromatic carbocycles. The van der Waals surface area contributed by atoms with Gasteiger partial charge in [-0.1, -0.05) is 48.5 Å². The van der Waals surface area contributed by atoms with Crippen molar-refractivity contribution in [3.05, 3.63) is 65.7 Å². The lowest BCUT2D eigenvalue weighted by molar-refractivity contribution is -0.150. The largest absolute Gasteiger partial charge is 0.483 e. The Morgan fingerprint density at radius 1 is 1.07 bits per heavy atom. The molecule has 0 heterocycles. The van der Waals surface area contributed by atoms with E-state index < -0.39 is 17.9 Å². The lowest BCUT2D eigenvalue weighted by Gasteiger charge is -2.26. The molecular formula is C22H26N2O5. The third-order valence-electron chi connectivity index (χ3n) is 4.43. The summed E-state index contributed by atoms with van der Waals surface area (Å²) in [6.45, 7) is 2.75. The molecule has 0 fully saturated rings. The van der Waals surface area contributed by atoms with Gasteiger partial charge in [0.05, 0.1) is 0 Å². The molecule has 2 aromatic rings. The highest BCUT2D eigenvalue weighted by Gasteiger charge is 2.25. The van der Waals surface area contributed by atoms with E-state index in [0.29, 0.717) is 12.2 Å². The highest BCUT2D eigenvalue weighted by atomic mass is 16.5. The van der Waals surface area contributed by atoms with Crippen molar-refractivity contribution in [2.45, 2.75) is 26.3 Å². The second kappa shape index (κ2) is 10.8. The summed E-state index contributed by atoms with van der Waals surface area (Å²) in [5.41, 5.74) is 2.05. The van der Waals surface area contributed by atoms with Gasteiger partial charge in [-0.2, -0.15) is 0 Å². The number of hydrogen-bond donors (Lipinski definition) is 2. The Morgan fingerprint density at radius 3 is 2.38 bits per heavy atom. The van der Waals surface area contributed by atoms with Crippen LogP contribution in [0.1, 0.15) is 25.0 Å². The van der Waals surface area contributed by atoms with Crippen molar-refractivity contribution in [2.24, 2.45) is 0 Å². The fourth-order valence-corrected chi connectivity index (χ4v) is 2.85. The molecule has 1 atom stereocenters. The van der Waals surface area contributed by atoms with Crippen LogP contribution in [0.25, 0.3) is 0 Å². The molecule has 2 rings (SSSR count). The van der Waals surface area contributed by atoms with Gasteiger partial charge >= 0.3 is 5.97 Å². The minimum Gasteiger partial charge on any atom is -0.483 e. The fraction of sp³-hybridized carbons (Fsp3) is 0.318. The quantitative estimate of drug-likeness (QED) is 0.639. The molecule has 2 N–H and O–H groups in total. The van der Waals surface area contributed by atoms with Crippen molar-refractivity contribution in [1.82, 2.24) is 10.2 Å². The van der Waals surface area contributed by atoms with Crippen LogP contribution in [-0.4, -0.2) is 53.5 Å². The summed E-state index contributed by atoms with van der Waals surface area (Å²) in [6, 6.07) is 16.3. The maximum Gasteiger partial charge on any atom is 0.326 e. The molecule has 0 saturated carbocycles. The maximum absolute atomic E-state index is 12.6. The Bertz CT molecular complexity index is 838. The van der Waals surface area contributed by atoms with Crippen molar-refractivity contribution in [2.75, 3.05) is 19.7 Å². The predicted molar refractivity (Wildman–Crippen MR) is 109 cm³/mol. The van der Waals surface area contributed by atoms with Crippen LogP contribution < -0.4 is 10.1 Å². The van der Waals surface area contributed by atoms with E-state index in [1.807, 2.05) is 48.5 Å². The van der Waals surface area contributed by atoms with Gasteiger partial charge in [0.25, 0.3) is 5.91 Å². The number of carboxylic acids is 1. The van der Waals surface area contributed by atoms with E-state index in [4.69, 9.17) is 4.74 Å². The minimum absolute atomic E-state index is 0.0842. The Labute approximate surface area is 170 Å². The summed E-state index contributed by atoms with van der Waals surface area (Å²) in [7, 11) is 0. The van der Waals surface area contributed by atoms with Crippen molar-refractivity contribution in [3.8, 4) is 5.75 Å². The summed E-state index contributed by atoms with van der Waals surface area (Å²) in [4.78, 5) is 36.2. The van der Waals surface area contributed by atoms with Gasteiger partial charge in [0.15, 0.2) is 6.61 Å². The molecule has 154 valence electrons. The van der Waals surface area contributed by atoms with Gasteiger partial charge < -0.3 is 20.1 Å². The molecule has 0 saturated heterocycles. The topological polar surface area (TPSA) is 95.9 Å². The number of hydrogen-bond acceptors (Lipinski definition) is 4. The number of ether oxygens (including phenoxy) is 1. The summed E-state index contributed by atoms with van der Waals surface area (Å²) >= 11 is 0. The maximum atomic E-state index is 12.6. The summed E-state index contributed by atoms with van der Waals surface area (Å²) < 4.78 is 5.74. The number of nitrogens with zero attached hydrogens (tertiary/aromatic N) is 1. The fourth-order valence-electron chi connectivity index (χ4n) is 2.85. The van der Waals surface area contributed by atoms with Crippen molar-refractivity contribution in [3.63, 3.8) is 0 Å². The molecule has 29 heavy (non-hydrogen) atoms. The number of rotatable bonds is 10. The van der Waals surface area contributed by atoms with Gasteiger partial charge in [-0.3, -0.25) is 9.59 Å². The van der Waals surface area contributed by atoms with Gasteiger partial charge in [0.1, 0.15) is 11.8 Å². The molecule has 7 nitrogen and oxygen atoms in total. The standard InChI is InChI=1S/C22H26N2O5/c1-16(22(27)28)24(13-12-23-17(2)25)21(26)15-29-20-11-7-6-10-19(20)14-18-8-4-3-5-9-18/h3-11,16H,12-15H2,1-2H3,(H,23,25)(H,27,28). The molecule has 2 amide bonds. The van der Waals surface area contributed by atoms with Crippen LogP contribution in [0.3, 0.4) is 0 Å². The molecule has 0 aliphatic carbocycles. The van der Waals surface area contributed by atoms with Crippen LogP contribution in [0.15, 0.2) is 54.6 Å². The lowest BCUT2D eigenvalue weighted by atomic mass is 10.0. The van der Waals surface area contributed by atoms with Crippen LogP contribution in [-0.2, 0) is 20.8 Å². The van der Waals surface area contributed by atoms with Gasteiger partial charge in [-0.05, 0) is 24.1 Å². The van der Waals surface area contributed by atoms with Crippen molar-refractivity contribution in [1.29, 1.82) is 0 Å². The van der Waals surface area contributed by atoms with Crippen LogP contribution in [0.2, 0.25) is 0 Å². The van der Waals surface area contributed by atoms with E-state index in [0.717, 1.165) is 11.1 Å². The molecule has 0 radical (unpaired) electrons. The van der Waals surface area contributed by atoms with Crippen LogP contribution in [0, 0.1) is 0 Å². The number of carboxylic acid groups (broad SMARTS) is 1. The molecule has 0 spiro atoms. The number of benzene rings is 2. The van der Waals surface area contributed by atoms with E-state index >= 15 is 0 Å². The Kier molecular flexibility index (Phi) is 8.21. The van der Waals surface area contributed by atoms with E-state index in [-0.39, 0.29) is 25.6 Å². The van der Waals surface area contributed by atoms with Gasteiger partial charge in [-0.15, -0.1) is 0 Å². The Balaban J connectivity index is 2.05. The molecule has 0 aliphatic heterocycles. The first-order valence-electron chi connectivity index (χ1n) is 9.40. The van der Waals surface area contributed by atoms with Crippen molar-refractivity contribution < 1.29 is 24.2 Å². The van der Waals surface area contributed by atoms with E-state index in [1.54, 1.807) is 6.07 Å². The SMILES string of the molecule is CC(=O)NCCN(C(=O)COc1ccccc1Cc1ccccc1)C(C)C(=O)O. The number of amides is 2. The van der Waals surface area contributed by atoms with E-state index in [1.165, 1.54) is 18.7 Å². The first-order chi connectivity index (χ1) is 13.9. The third-order valence-corrected chi connectivity index (χ3v) is 4.43. The van der Waals surface area contributed by atoms with Gasteiger partial charge in [-0.25, -0.2) is 4.79 Å². The predicted octanol–water partition coefficient (Wildman–Crippen LogP) is 2.09. The Hall–Kier alpha value is -3.35. The first-order valence-corrected chi connectivity index (χ1v) is 9.40. The molecule has 0 bridgehead atoms. The number of para-hydroxylation sites is 1. The first kappa shape index (κ1) is 21.9. The molecule has 1 unspecified atom stereocenters.